The van der Waals surface area contributed by atoms with Gasteiger partial charge in [-0.3, -0.25) is 4.90 Å². The van der Waals surface area contributed by atoms with Gasteiger partial charge in [0.15, 0.2) is 0 Å². The van der Waals surface area contributed by atoms with E-state index in [0.29, 0.717) is 19.8 Å². The highest BCUT2D eigenvalue weighted by Gasteiger charge is 2.30. The fourth-order valence-electron chi connectivity index (χ4n) is 3.19. The summed E-state index contributed by atoms with van der Waals surface area (Å²) in [5.41, 5.74) is 0.712. The molecule has 0 amide bonds. The summed E-state index contributed by atoms with van der Waals surface area (Å²) in [6.45, 7) is 2.88. The van der Waals surface area contributed by atoms with Crippen LogP contribution in [0, 0.1) is 0 Å². The Hall–Kier alpha value is -1.42. The van der Waals surface area contributed by atoms with Gasteiger partial charge in [-0.25, -0.2) is 0 Å². The van der Waals surface area contributed by atoms with Gasteiger partial charge in [-0.05, 0) is 23.4 Å². The van der Waals surface area contributed by atoms with Crippen LogP contribution in [-0.4, -0.2) is 42.4 Å². The predicted molar refractivity (Wildman–Crippen MR) is 85.3 cm³/mol. The molecule has 2 aromatic carbocycles. The van der Waals surface area contributed by atoms with Gasteiger partial charge in [0.2, 0.25) is 0 Å². The second-order valence-corrected chi connectivity index (χ2v) is 6.15. The number of hydrogen-bond donors (Lipinski definition) is 1. The monoisotopic (exact) mass is 285 g/mol. The van der Waals surface area contributed by atoms with Crippen LogP contribution in [0.4, 0.5) is 0 Å². The second-order valence-electron chi connectivity index (χ2n) is 6.15. The van der Waals surface area contributed by atoms with E-state index in [-0.39, 0.29) is 0 Å². The summed E-state index contributed by atoms with van der Waals surface area (Å²) < 4.78 is 5.34. The van der Waals surface area contributed by atoms with Crippen molar-refractivity contribution in [2.24, 2.45) is 0 Å². The maximum atomic E-state index is 10.6. The van der Waals surface area contributed by atoms with Gasteiger partial charge in [0.05, 0.1) is 5.60 Å². The summed E-state index contributed by atoms with van der Waals surface area (Å²) in [6.07, 6.45) is 1.46. The zero-order chi connectivity index (χ0) is 14.7. The van der Waals surface area contributed by atoms with Crippen molar-refractivity contribution in [2.45, 2.75) is 25.0 Å². The molecule has 1 aliphatic heterocycles. The van der Waals surface area contributed by atoms with E-state index in [1.54, 1.807) is 0 Å². The number of nitrogens with zero attached hydrogens (tertiary/aromatic N) is 1. The highest BCUT2D eigenvalue weighted by atomic mass is 16.5. The Morgan fingerprint density at radius 1 is 1.10 bits per heavy atom. The van der Waals surface area contributed by atoms with Crippen molar-refractivity contribution >= 4 is 10.8 Å². The minimum absolute atomic E-state index is 0.600. The van der Waals surface area contributed by atoms with Crippen LogP contribution in [0.15, 0.2) is 42.5 Å². The zero-order valence-corrected chi connectivity index (χ0v) is 12.6. The first-order chi connectivity index (χ1) is 10.2. The van der Waals surface area contributed by atoms with Crippen LogP contribution in [0.25, 0.3) is 10.8 Å². The minimum Gasteiger partial charge on any atom is -0.388 e. The van der Waals surface area contributed by atoms with E-state index in [1.165, 1.54) is 16.3 Å². The standard InChI is InChI=1S/C18H23NO2/c1-19(14-18(20)9-11-21-12-10-18)13-16-7-4-6-15-5-2-3-8-17(15)16/h2-8,20H,9-14H2,1H3. The average Bonchev–Trinajstić information content (AvgIpc) is 2.48. The van der Waals surface area contributed by atoms with Gasteiger partial charge in [0, 0.05) is 39.1 Å². The van der Waals surface area contributed by atoms with Gasteiger partial charge < -0.3 is 9.84 Å². The number of fused-ring (bicyclic) bond motifs is 1. The Labute approximate surface area is 126 Å². The van der Waals surface area contributed by atoms with Crippen molar-refractivity contribution in [3.8, 4) is 0 Å². The van der Waals surface area contributed by atoms with Crippen molar-refractivity contribution in [1.29, 1.82) is 0 Å². The van der Waals surface area contributed by atoms with Crippen molar-refractivity contribution < 1.29 is 9.84 Å². The molecule has 0 saturated carbocycles. The molecule has 1 fully saturated rings. The molecule has 0 radical (unpaired) electrons. The average molecular weight is 285 g/mol. The molecule has 2 aromatic rings. The molecule has 21 heavy (non-hydrogen) atoms. The van der Waals surface area contributed by atoms with Crippen LogP contribution in [0.2, 0.25) is 0 Å². The van der Waals surface area contributed by atoms with Crippen LogP contribution in [-0.2, 0) is 11.3 Å². The van der Waals surface area contributed by atoms with E-state index < -0.39 is 5.60 Å². The molecule has 1 heterocycles. The third-order valence-electron chi connectivity index (χ3n) is 4.31. The molecule has 1 aliphatic rings. The Morgan fingerprint density at radius 3 is 2.62 bits per heavy atom. The normalized spacial score (nSPS) is 18.2. The van der Waals surface area contributed by atoms with Crippen LogP contribution >= 0.6 is 0 Å². The lowest BCUT2D eigenvalue weighted by Crippen LogP contribution is -2.45. The summed E-state index contributed by atoms with van der Waals surface area (Å²) in [5.74, 6) is 0. The minimum atomic E-state index is -0.600. The lowest BCUT2D eigenvalue weighted by molar-refractivity contribution is -0.0777. The first-order valence-corrected chi connectivity index (χ1v) is 7.62. The number of benzene rings is 2. The number of ether oxygens (including phenoxy) is 1. The maximum absolute atomic E-state index is 10.6. The van der Waals surface area contributed by atoms with Crippen molar-refractivity contribution in [1.82, 2.24) is 4.90 Å². The summed E-state index contributed by atoms with van der Waals surface area (Å²) in [4.78, 5) is 2.22. The molecule has 3 nitrogen and oxygen atoms in total. The molecule has 0 unspecified atom stereocenters. The van der Waals surface area contributed by atoms with Gasteiger partial charge in [-0.2, -0.15) is 0 Å². The van der Waals surface area contributed by atoms with Crippen LogP contribution in [0.1, 0.15) is 18.4 Å². The fourth-order valence-corrected chi connectivity index (χ4v) is 3.19. The summed E-state index contributed by atoms with van der Waals surface area (Å²) in [7, 11) is 2.08. The van der Waals surface area contributed by atoms with E-state index in [4.69, 9.17) is 4.74 Å². The highest BCUT2D eigenvalue weighted by Crippen LogP contribution is 2.24. The van der Waals surface area contributed by atoms with E-state index in [0.717, 1.165) is 19.4 Å². The van der Waals surface area contributed by atoms with Gasteiger partial charge in [-0.1, -0.05) is 42.5 Å². The number of likely N-dealkylation sites (N-methyl/N-ethyl adjacent to an activating group) is 1. The summed E-state index contributed by atoms with van der Waals surface area (Å²) in [6, 6.07) is 14.9. The molecule has 3 rings (SSSR count). The Balaban J connectivity index is 1.72. The quantitative estimate of drug-likeness (QED) is 0.937. The Bertz CT molecular complexity index is 600. The molecule has 0 aliphatic carbocycles. The second kappa shape index (κ2) is 6.14. The van der Waals surface area contributed by atoms with Crippen LogP contribution in [0.5, 0.6) is 0 Å². The molecule has 0 aromatic heterocycles. The first-order valence-electron chi connectivity index (χ1n) is 7.62. The van der Waals surface area contributed by atoms with Gasteiger partial charge in [-0.15, -0.1) is 0 Å². The third-order valence-corrected chi connectivity index (χ3v) is 4.31. The van der Waals surface area contributed by atoms with Gasteiger partial charge in [0.1, 0.15) is 0 Å². The number of aliphatic hydroxyl groups is 1. The highest BCUT2D eigenvalue weighted by molar-refractivity contribution is 5.85. The molecule has 0 spiro atoms. The van der Waals surface area contributed by atoms with Crippen molar-refractivity contribution in [2.75, 3.05) is 26.8 Å². The number of hydrogen-bond acceptors (Lipinski definition) is 3. The maximum Gasteiger partial charge on any atom is 0.0817 e. The predicted octanol–water partition coefficient (Wildman–Crippen LogP) is 2.81. The van der Waals surface area contributed by atoms with E-state index in [2.05, 4.69) is 54.4 Å². The van der Waals surface area contributed by atoms with E-state index in [9.17, 15) is 5.11 Å². The lowest BCUT2D eigenvalue weighted by Gasteiger charge is -2.35. The van der Waals surface area contributed by atoms with Gasteiger partial charge in [0.25, 0.3) is 0 Å². The Morgan fingerprint density at radius 2 is 1.81 bits per heavy atom. The molecular formula is C18H23NO2. The molecule has 112 valence electrons. The smallest absolute Gasteiger partial charge is 0.0817 e. The van der Waals surface area contributed by atoms with E-state index in [1.807, 2.05) is 0 Å². The zero-order valence-electron chi connectivity index (χ0n) is 12.6. The molecule has 0 bridgehead atoms. The van der Waals surface area contributed by atoms with Crippen molar-refractivity contribution in [3.05, 3.63) is 48.0 Å². The van der Waals surface area contributed by atoms with E-state index >= 15 is 0 Å². The molecule has 1 saturated heterocycles. The lowest BCUT2D eigenvalue weighted by atomic mass is 9.93. The topological polar surface area (TPSA) is 32.7 Å². The van der Waals surface area contributed by atoms with Gasteiger partial charge >= 0.3 is 0 Å². The summed E-state index contributed by atoms with van der Waals surface area (Å²) in [5, 5.41) is 13.2. The van der Waals surface area contributed by atoms with Crippen LogP contribution < -0.4 is 0 Å². The fraction of sp³-hybridized carbons (Fsp3) is 0.444. The summed E-state index contributed by atoms with van der Waals surface area (Å²) >= 11 is 0. The molecule has 3 heteroatoms. The van der Waals surface area contributed by atoms with Crippen LogP contribution in [0.3, 0.4) is 0 Å². The number of rotatable bonds is 4. The Kier molecular flexibility index (Phi) is 4.24. The molecular weight excluding hydrogens is 262 g/mol. The van der Waals surface area contributed by atoms with Crippen molar-refractivity contribution in [3.63, 3.8) is 0 Å². The SMILES string of the molecule is CN(Cc1cccc2ccccc12)CC1(O)CCOCC1. The largest absolute Gasteiger partial charge is 0.388 e. The molecule has 1 N–H and O–H groups in total. The molecule has 0 atom stereocenters. The first kappa shape index (κ1) is 14.5. The third kappa shape index (κ3) is 3.43.